The van der Waals surface area contributed by atoms with Crippen LogP contribution >= 0.6 is 0 Å². The molecular formula is C22H31N5O2. The molecule has 2 fully saturated rings. The SMILES string of the molecule is CCCCN(C)C(=O)[C@H]1CCCN(c2ncccc2-c2noc(C3CCC3)n2)C1. The highest BCUT2D eigenvalue weighted by atomic mass is 16.5. The fourth-order valence-electron chi connectivity index (χ4n) is 4.18. The van der Waals surface area contributed by atoms with Crippen LogP contribution in [0.15, 0.2) is 22.9 Å². The van der Waals surface area contributed by atoms with Crippen LogP contribution in [0, 0.1) is 5.92 Å². The fraction of sp³-hybridized carbons (Fsp3) is 0.636. The molecule has 1 saturated heterocycles. The van der Waals surface area contributed by atoms with E-state index in [9.17, 15) is 4.79 Å². The lowest BCUT2D eigenvalue weighted by Crippen LogP contribution is -2.44. The van der Waals surface area contributed by atoms with E-state index in [0.717, 1.165) is 68.9 Å². The predicted octanol–water partition coefficient (Wildman–Crippen LogP) is 3.87. The van der Waals surface area contributed by atoms with Crippen molar-refractivity contribution in [2.24, 2.45) is 5.92 Å². The second-order valence-corrected chi connectivity index (χ2v) is 8.36. The highest BCUT2D eigenvalue weighted by Crippen LogP contribution is 2.37. The van der Waals surface area contributed by atoms with Crippen LogP contribution in [0.1, 0.15) is 63.7 Å². The molecule has 2 aromatic heterocycles. The van der Waals surface area contributed by atoms with Gasteiger partial charge < -0.3 is 14.3 Å². The van der Waals surface area contributed by atoms with Crippen LogP contribution in [0.2, 0.25) is 0 Å². The standard InChI is InChI=1S/C22H31N5O2/c1-3-4-13-26(2)22(28)17-10-7-14-27(15-17)20-18(11-6-12-23-20)19-24-21(29-25-19)16-8-5-9-16/h6,11-12,16-17H,3-5,7-10,13-15H2,1-2H3/t17-/m0/s1. The number of piperidine rings is 1. The van der Waals surface area contributed by atoms with Crippen molar-refractivity contribution in [2.75, 3.05) is 31.6 Å². The van der Waals surface area contributed by atoms with Gasteiger partial charge in [-0.25, -0.2) is 4.98 Å². The van der Waals surface area contributed by atoms with Crippen LogP contribution in [0.3, 0.4) is 0 Å². The molecule has 1 aliphatic carbocycles. The molecule has 0 aromatic carbocycles. The summed E-state index contributed by atoms with van der Waals surface area (Å²) in [4.78, 5) is 26.3. The number of carbonyl (C=O) groups is 1. The van der Waals surface area contributed by atoms with E-state index in [2.05, 4.69) is 26.9 Å². The maximum atomic E-state index is 12.9. The van der Waals surface area contributed by atoms with Crippen LogP contribution in [-0.2, 0) is 4.79 Å². The molecule has 1 saturated carbocycles. The first kappa shape index (κ1) is 19.9. The molecule has 0 spiro atoms. The van der Waals surface area contributed by atoms with Crippen molar-refractivity contribution in [2.45, 2.75) is 57.8 Å². The third-order valence-electron chi connectivity index (χ3n) is 6.22. The molecule has 2 aliphatic rings. The van der Waals surface area contributed by atoms with Crippen molar-refractivity contribution in [1.29, 1.82) is 0 Å². The smallest absolute Gasteiger partial charge is 0.230 e. The number of pyridine rings is 1. The lowest BCUT2D eigenvalue weighted by atomic mass is 9.85. The van der Waals surface area contributed by atoms with Crippen molar-refractivity contribution in [3.05, 3.63) is 24.2 Å². The number of amides is 1. The van der Waals surface area contributed by atoms with Crippen LogP contribution < -0.4 is 4.90 Å². The molecule has 4 rings (SSSR count). The Kier molecular flexibility index (Phi) is 6.11. The predicted molar refractivity (Wildman–Crippen MR) is 112 cm³/mol. The average molecular weight is 398 g/mol. The average Bonchev–Trinajstić information content (AvgIpc) is 3.19. The van der Waals surface area contributed by atoms with Crippen LogP contribution in [0.25, 0.3) is 11.4 Å². The van der Waals surface area contributed by atoms with Gasteiger partial charge in [0.05, 0.1) is 11.5 Å². The largest absolute Gasteiger partial charge is 0.355 e. The summed E-state index contributed by atoms with van der Waals surface area (Å²) in [6.07, 6.45) is 9.34. The lowest BCUT2D eigenvalue weighted by Gasteiger charge is -2.35. The Morgan fingerprint density at radius 1 is 1.31 bits per heavy atom. The highest BCUT2D eigenvalue weighted by Gasteiger charge is 2.31. The summed E-state index contributed by atoms with van der Waals surface area (Å²) in [5, 5.41) is 4.23. The van der Waals surface area contributed by atoms with E-state index in [4.69, 9.17) is 4.52 Å². The van der Waals surface area contributed by atoms with Crippen LogP contribution in [-0.4, -0.2) is 52.6 Å². The van der Waals surface area contributed by atoms with Crippen LogP contribution in [0.4, 0.5) is 5.82 Å². The van der Waals surface area contributed by atoms with E-state index in [1.165, 1.54) is 6.42 Å². The summed E-state index contributed by atoms with van der Waals surface area (Å²) in [6.45, 7) is 4.55. The van der Waals surface area contributed by atoms with E-state index < -0.39 is 0 Å². The number of aromatic nitrogens is 3. The summed E-state index contributed by atoms with van der Waals surface area (Å²) in [7, 11) is 1.92. The molecule has 7 heteroatoms. The van der Waals surface area contributed by atoms with Gasteiger partial charge in [-0.3, -0.25) is 4.79 Å². The second kappa shape index (κ2) is 8.93. The van der Waals surface area contributed by atoms with Crippen molar-refractivity contribution < 1.29 is 9.32 Å². The number of unbranched alkanes of at least 4 members (excludes halogenated alkanes) is 1. The van der Waals surface area contributed by atoms with Gasteiger partial charge in [0.15, 0.2) is 0 Å². The van der Waals surface area contributed by atoms with E-state index in [1.54, 1.807) is 6.20 Å². The third-order valence-corrected chi connectivity index (χ3v) is 6.22. The molecule has 0 N–H and O–H groups in total. The normalized spacial score (nSPS) is 19.8. The minimum absolute atomic E-state index is 0.0104. The molecule has 0 radical (unpaired) electrons. The Morgan fingerprint density at radius 2 is 2.17 bits per heavy atom. The van der Waals surface area contributed by atoms with Gasteiger partial charge in [0.25, 0.3) is 0 Å². The van der Waals surface area contributed by atoms with Gasteiger partial charge in [0.1, 0.15) is 5.82 Å². The Labute approximate surface area is 172 Å². The molecule has 156 valence electrons. The van der Waals surface area contributed by atoms with Gasteiger partial charge in [-0.2, -0.15) is 4.98 Å². The molecule has 1 atom stereocenters. The lowest BCUT2D eigenvalue weighted by molar-refractivity contribution is -0.134. The summed E-state index contributed by atoms with van der Waals surface area (Å²) in [5.74, 6) is 2.85. The molecule has 29 heavy (non-hydrogen) atoms. The summed E-state index contributed by atoms with van der Waals surface area (Å²) >= 11 is 0. The molecule has 1 amide bonds. The molecule has 7 nitrogen and oxygen atoms in total. The zero-order valence-corrected chi connectivity index (χ0v) is 17.5. The Bertz CT molecular complexity index is 832. The number of hydrogen-bond donors (Lipinski definition) is 0. The van der Waals surface area contributed by atoms with E-state index in [0.29, 0.717) is 18.3 Å². The molecule has 1 aliphatic heterocycles. The molecular weight excluding hydrogens is 366 g/mol. The fourth-order valence-corrected chi connectivity index (χ4v) is 4.18. The third kappa shape index (κ3) is 4.28. The summed E-state index contributed by atoms with van der Waals surface area (Å²) in [6, 6.07) is 3.90. The first-order chi connectivity index (χ1) is 14.2. The molecule has 3 heterocycles. The number of rotatable bonds is 7. The van der Waals surface area contributed by atoms with Gasteiger partial charge >= 0.3 is 0 Å². The first-order valence-electron chi connectivity index (χ1n) is 11.0. The van der Waals surface area contributed by atoms with Gasteiger partial charge in [-0.15, -0.1) is 0 Å². The maximum Gasteiger partial charge on any atom is 0.230 e. The van der Waals surface area contributed by atoms with Gasteiger partial charge in [-0.05, 0) is 44.2 Å². The number of nitrogens with zero attached hydrogens (tertiary/aromatic N) is 5. The molecule has 0 unspecified atom stereocenters. The van der Waals surface area contributed by atoms with E-state index in [1.807, 2.05) is 24.1 Å². The number of hydrogen-bond acceptors (Lipinski definition) is 6. The molecule has 2 aromatic rings. The maximum absolute atomic E-state index is 12.9. The zero-order chi connectivity index (χ0) is 20.2. The Morgan fingerprint density at radius 3 is 2.93 bits per heavy atom. The first-order valence-corrected chi connectivity index (χ1v) is 11.0. The zero-order valence-electron chi connectivity index (χ0n) is 17.5. The number of anilines is 1. The summed E-state index contributed by atoms with van der Waals surface area (Å²) in [5.41, 5.74) is 0.884. The van der Waals surface area contributed by atoms with Gasteiger partial charge in [0.2, 0.25) is 17.6 Å². The molecule has 0 bridgehead atoms. The van der Waals surface area contributed by atoms with Crippen molar-refractivity contribution in [3.63, 3.8) is 0 Å². The van der Waals surface area contributed by atoms with Crippen molar-refractivity contribution >= 4 is 11.7 Å². The minimum atomic E-state index is 0.0104. The van der Waals surface area contributed by atoms with E-state index >= 15 is 0 Å². The van der Waals surface area contributed by atoms with Crippen molar-refractivity contribution in [3.8, 4) is 11.4 Å². The van der Waals surface area contributed by atoms with Crippen molar-refractivity contribution in [1.82, 2.24) is 20.0 Å². The topological polar surface area (TPSA) is 75.4 Å². The van der Waals surface area contributed by atoms with Crippen LogP contribution in [0.5, 0.6) is 0 Å². The Balaban J connectivity index is 1.51. The Hall–Kier alpha value is -2.44. The van der Waals surface area contributed by atoms with E-state index in [-0.39, 0.29) is 11.8 Å². The highest BCUT2D eigenvalue weighted by molar-refractivity contribution is 5.80. The minimum Gasteiger partial charge on any atom is -0.355 e. The quantitative estimate of drug-likeness (QED) is 0.706. The van der Waals surface area contributed by atoms with Gasteiger partial charge in [-0.1, -0.05) is 24.9 Å². The number of carbonyl (C=O) groups excluding carboxylic acids is 1. The van der Waals surface area contributed by atoms with Gasteiger partial charge in [0, 0.05) is 38.8 Å². The monoisotopic (exact) mass is 397 g/mol. The summed E-state index contributed by atoms with van der Waals surface area (Å²) < 4.78 is 5.53. The second-order valence-electron chi connectivity index (χ2n) is 8.36.